The molecular weight excluding hydrogens is 408 g/mol. The zero-order chi connectivity index (χ0) is 22.0. The minimum Gasteiger partial charge on any atom is -0.361 e. The fourth-order valence-corrected chi connectivity index (χ4v) is 4.25. The van der Waals surface area contributed by atoms with Crippen LogP contribution >= 0.6 is 0 Å². The first-order valence-electron chi connectivity index (χ1n) is 10.3. The monoisotopic (exact) mass is 434 g/mol. The summed E-state index contributed by atoms with van der Waals surface area (Å²) < 4.78 is 7.81. The molecule has 31 heavy (non-hydrogen) atoms. The molecular formula is C23H26N4O3Si. The number of nitro groups is 1. The van der Waals surface area contributed by atoms with Crippen molar-refractivity contribution in [3.63, 3.8) is 0 Å². The molecule has 3 aromatic carbocycles. The summed E-state index contributed by atoms with van der Waals surface area (Å²) in [5.74, 6) is 0. The Morgan fingerprint density at radius 3 is 2.71 bits per heavy atom. The molecule has 1 N–H and O–H groups in total. The molecule has 0 atom stereocenters. The Labute approximate surface area is 181 Å². The fraction of sp³-hybridized carbons (Fsp3) is 0.261. The van der Waals surface area contributed by atoms with Gasteiger partial charge in [0.25, 0.3) is 5.69 Å². The standard InChI is InChI=1S/C23H26N4O3Si/c1-31(2,3)13-12-30-16-26-15-24-21-14-18(9-11-22(21)26)25-20-10-8-17-6-4-5-7-19(17)23(20)27(28)29/h4-11,14-15,25H,12-13,16H2,1-3H3. The second-order valence-corrected chi connectivity index (χ2v) is 14.5. The first kappa shape index (κ1) is 21.0. The fourth-order valence-electron chi connectivity index (χ4n) is 3.49. The highest BCUT2D eigenvalue weighted by atomic mass is 28.3. The Morgan fingerprint density at radius 1 is 1.13 bits per heavy atom. The van der Waals surface area contributed by atoms with Crippen LogP contribution in [-0.4, -0.2) is 29.2 Å². The lowest BCUT2D eigenvalue weighted by Gasteiger charge is -2.15. The van der Waals surface area contributed by atoms with Crippen LogP contribution in [0.5, 0.6) is 0 Å². The zero-order valence-electron chi connectivity index (χ0n) is 18.0. The Balaban J connectivity index is 1.55. The number of nitrogens with zero attached hydrogens (tertiary/aromatic N) is 3. The predicted octanol–water partition coefficient (Wildman–Crippen LogP) is 6.15. The molecule has 0 saturated heterocycles. The Hall–Kier alpha value is -3.23. The van der Waals surface area contributed by atoms with Crippen LogP contribution in [0.15, 0.2) is 60.9 Å². The number of fused-ring (bicyclic) bond motifs is 2. The molecule has 1 aromatic heterocycles. The topological polar surface area (TPSA) is 82.2 Å². The van der Waals surface area contributed by atoms with Crippen LogP contribution in [0.3, 0.4) is 0 Å². The maximum absolute atomic E-state index is 11.8. The van der Waals surface area contributed by atoms with Gasteiger partial charge in [-0.2, -0.15) is 0 Å². The van der Waals surface area contributed by atoms with Crippen molar-refractivity contribution in [2.45, 2.75) is 32.4 Å². The quantitative estimate of drug-likeness (QED) is 0.156. The third-order valence-electron chi connectivity index (χ3n) is 5.21. The number of aromatic nitrogens is 2. The van der Waals surface area contributed by atoms with Crippen LogP contribution in [0.4, 0.5) is 17.1 Å². The molecule has 0 radical (unpaired) electrons. The number of nitro benzene ring substituents is 1. The maximum Gasteiger partial charge on any atom is 0.300 e. The van der Waals surface area contributed by atoms with Crippen molar-refractivity contribution in [2.75, 3.05) is 11.9 Å². The number of ether oxygens (including phenoxy) is 1. The van der Waals surface area contributed by atoms with Crippen molar-refractivity contribution in [3.8, 4) is 0 Å². The summed E-state index contributed by atoms with van der Waals surface area (Å²) >= 11 is 0. The molecule has 0 spiro atoms. The number of hydrogen-bond acceptors (Lipinski definition) is 5. The summed E-state index contributed by atoms with van der Waals surface area (Å²) in [5, 5.41) is 16.4. The molecule has 0 amide bonds. The van der Waals surface area contributed by atoms with Gasteiger partial charge >= 0.3 is 0 Å². The summed E-state index contributed by atoms with van der Waals surface area (Å²) in [6.45, 7) is 8.21. The van der Waals surface area contributed by atoms with E-state index >= 15 is 0 Å². The van der Waals surface area contributed by atoms with Crippen molar-refractivity contribution in [1.82, 2.24) is 9.55 Å². The van der Waals surface area contributed by atoms with Gasteiger partial charge in [0.1, 0.15) is 12.4 Å². The average molecular weight is 435 g/mol. The third kappa shape index (κ3) is 4.75. The highest BCUT2D eigenvalue weighted by Gasteiger charge is 2.18. The minimum absolute atomic E-state index is 0.0690. The zero-order valence-corrected chi connectivity index (χ0v) is 19.0. The summed E-state index contributed by atoms with van der Waals surface area (Å²) in [6.07, 6.45) is 1.77. The van der Waals surface area contributed by atoms with Gasteiger partial charge in [0.05, 0.1) is 27.7 Å². The Kier molecular flexibility index (Phi) is 5.75. The van der Waals surface area contributed by atoms with Gasteiger partial charge in [-0.1, -0.05) is 43.9 Å². The number of imidazole rings is 1. The Morgan fingerprint density at radius 2 is 1.94 bits per heavy atom. The molecule has 4 aromatic rings. The largest absolute Gasteiger partial charge is 0.361 e. The first-order chi connectivity index (χ1) is 14.8. The van der Waals surface area contributed by atoms with E-state index in [2.05, 4.69) is 29.9 Å². The molecule has 0 aliphatic heterocycles. The smallest absolute Gasteiger partial charge is 0.300 e. The van der Waals surface area contributed by atoms with Crippen molar-refractivity contribution in [3.05, 3.63) is 71.0 Å². The van der Waals surface area contributed by atoms with Crippen molar-refractivity contribution in [1.29, 1.82) is 0 Å². The summed E-state index contributed by atoms with van der Waals surface area (Å²) in [4.78, 5) is 15.9. The Bertz CT molecular complexity index is 1250. The molecule has 1 heterocycles. The molecule has 0 bridgehead atoms. The lowest BCUT2D eigenvalue weighted by atomic mass is 10.1. The molecule has 7 nitrogen and oxygen atoms in total. The molecule has 160 valence electrons. The normalized spacial score (nSPS) is 11.8. The lowest BCUT2D eigenvalue weighted by molar-refractivity contribution is -0.382. The van der Waals surface area contributed by atoms with E-state index in [0.29, 0.717) is 17.8 Å². The van der Waals surface area contributed by atoms with Crippen LogP contribution in [0.2, 0.25) is 25.7 Å². The number of benzene rings is 3. The van der Waals surface area contributed by atoms with Crippen LogP contribution in [0.1, 0.15) is 0 Å². The summed E-state index contributed by atoms with van der Waals surface area (Å²) in [6, 6.07) is 17.8. The molecule has 0 aliphatic rings. The van der Waals surface area contributed by atoms with Crippen LogP contribution in [-0.2, 0) is 11.5 Å². The van der Waals surface area contributed by atoms with Gasteiger partial charge < -0.3 is 14.6 Å². The highest BCUT2D eigenvalue weighted by molar-refractivity contribution is 6.76. The van der Waals surface area contributed by atoms with E-state index in [0.717, 1.165) is 34.8 Å². The van der Waals surface area contributed by atoms with Gasteiger partial charge in [-0.05, 0) is 41.8 Å². The molecule has 0 unspecified atom stereocenters. The van der Waals surface area contributed by atoms with E-state index < -0.39 is 8.07 Å². The first-order valence-corrected chi connectivity index (χ1v) is 14.0. The van der Waals surface area contributed by atoms with E-state index in [1.807, 2.05) is 47.0 Å². The van der Waals surface area contributed by atoms with E-state index in [4.69, 9.17) is 4.74 Å². The van der Waals surface area contributed by atoms with Gasteiger partial charge in [0.15, 0.2) is 0 Å². The van der Waals surface area contributed by atoms with Crippen molar-refractivity contribution >= 4 is 46.9 Å². The van der Waals surface area contributed by atoms with E-state index in [-0.39, 0.29) is 10.6 Å². The number of anilines is 2. The molecule has 8 heteroatoms. The third-order valence-corrected chi connectivity index (χ3v) is 6.91. The minimum atomic E-state index is -1.11. The summed E-state index contributed by atoms with van der Waals surface area (Å²) in [7, 11) is -1.11. The second kappa shape index (κ2) is 8.48. The van der Waals surface area contributed by atoms with Gasteiger partial charge in [-0.15, -0.1) is 0 Å². The van der Waals surface area contributed by atoms with E-state index in [1.54, 1.807) is 18.5 Å². The second-order valence-electron chi connectivity index (χ2n) is 8.83. The lowest BCUT2D eigenvalue weighted by Crippen LogP contribution is -2.21. The van der Waals surface area contributed by atoms with Gasteiger partial charge in [0, 0.05) is 20.4 Å². The van der Waals surface area contributed by atoms with Crippen LogP contribution in [0.25, 0.3) is 21.8 Å². The average Bonchev–Trinajstić information content (AvgIpc) is 3.12. The van der Waals surface area contributed by atoms with Gasteiger partial charge in [-0.25, -0.2) is 4.98 Å². The van der Waals surface area contributed by atoms with Crippen LogP contribution in [0, 0.1) is 10.1 Å². The van der Waals surface area contributed by atoms with E-state index in [9.17, 15) is 10.1 Å². The van der Waals surface area contributed by atoms with Crippen molar-refractivity contribution < 1.29 is 9.66 Å². The molecule has 4 rings (SSSR count). The number of rotatable bonds is 8. The maximum atomic E-state index is 11.8. The highest BCUT2D eigenvalue weighted by Crippen LogP contribution is 2.35. The SMILES string of the molecule is C[Si](C)(C)CCOCn1cnc2cc(Nc3ccc4ccccc4c3[N+](=O)[O-])ccc21. The van der Waals surface area contributed by atoms with E-state index in [1.165, 1.54) is 0 Å². The predicted molar refractivity (Wildman–Crippen MR) is 128 cm³/mol. The van der Waals surface area contributed by atoms with Crippen molar-refractivity contribution in [2.24, 2.45) is 0 Å². The van der Waals surface area contributed by atoms with Gasteiger partial charge in [-0.3, -0.25) is 10.1 Å². The number of hydrogen-bond donors (Lipinski definition) is 1. The van der Waals surface area contributed by atoms with Crippen LogP contribution < -0.4 is 5.32 Å². The molecule has 0 aliphatic carbocycles. The molecule has 0 fully saturated rings. The molecule has 0 saturated carbocycles. The van der Waals surface area contributed by atoms with Gasteiger partial charge in [0.2, 0.25) is 0 Å². The number of nitrogens with one attached hydrogen (secondary N) is 1. The summed E-state index contributed by atoms with van der Waals surface area (Å²) in [5.41, 5.74) is 3.04.